The van der Waals surface area contributed by atoms with Crippen molar-refractivity contribution in [2.24, 2.45) is 0 Å². The molecule has 1 heterocycles. The maximum Gasteiger partial charge on any atom is 0.139 e. The Morgan fingerprint density at radius 2 is 2.00 bits per heavy atom. The molecule has 1 rings (SSSR count). The van der Waals surface area contributed by atoms with Gasteiger partial charge in [0.25, 0.3) is 0 Å². The van der Waals surface area contributed by atoms with Gasteiger partial charge in [0.2, 0.25) is 0 Å². The first-order chi connectivity index (χ1) is 3.29. The molecule has 0 aromatic carbocycles. The molecule has 0 aliphatic rings. The highest BCUT2D eigenvalue weighted by molar-refractivity contribution is 7.05. The van der Waals surface area contributed by atoms with Crippen molar-refractivity contribution in [3.8, 4) is 0 Å². The summed E-state index contributed by atoms with van der Waals surface area (Å²) in [6.45, 7) is 3.84. The molecule has 0 unspecified atom stereocenters. The fourth-order valence-electron chi connectivity index (χ4n) is 0.401. The second kappa shape index (κ2) is 2.77. The third-order valence-corrected chi connectivity index (χ3v) is 1.34. The quantitative estimate of drug-likeness (QED) is 0.535. The van der Waals surface area contributed by atoms with Crippen molar-refractivity contribution in [2.75, 3.05) is 0 Å². The number of hydrogen-bond donors (Lipinski definition) is 0. The Bertz CT molecular complexity index is 143. The Kier molecular flexibility index (Phi) is 2.62. The monoisotopic (exact) mass is 130 g/mol. The van der Waals surface area contributed by atoms with Gasteiger partial charge in [-0.25, -0.2) is 4.98 Å². The van der Waals surface area contributed by atoms with Crippen LogP contribution in [-0.2, 0) is 0 Å². The van der Waals surface area contributed by atoms with Crippen molar-refractivity contribution < 1.29 is 0 Å². The molecule has 1 aromatic rings. The van der Waals surface area contributed by atoms with E-state index in [4.69, 9.17) is 0 Å². The summed E-state index contributed by atoms with van der Waals surface area (Å²) in [6, 6.07) is 0. The predicted octanol–water partition coefficient (Wildman–Crippen LogP) is 1.79. The van der Waals surface area contributed by atoms with Gasteiger partial charge in [-0.1, -0.05) is 7.43 Å². The molecule has 46 valence electrons. The summed E-state index contributed by atoms with van der Waals surface area (Å²) in [5, 5.41) is 1.04. The molecule has 0 bridgehead atoms. The summed E-state index contributed by atoms with van der Waals surface area (Å²) in [5.74, 6) is 0.877. The molecule has 0 radical (unpaired) electrons. The molecule has 0 atom stereocenters. The van der Waals surface area contributed by atoms with Crippen molar-refractivity contribution >= 4 is 11.5 Å². The molecule has 0 spiro atoms. The Labute approximate surface area is 53.8 Å². The van der Waals surface area contributed by atoms with E-state index < -0.39 is 0 Å². The van der Waals surface area contributed by atoms with E-state index >= 15 is 0 Å². The molecule has 0 saturated heterocycles. The molecule has 0 aliphatic heterocycles. The molecule has 2 nitrogen and oxygen atoms in total. The van der Waals surface area contributed by atoms with E-state index in [1.54, 1.807) is 0 Å². The smallest absolute Gasteiger partial charge is 0.139 e. The minimum Gasteiger partial charge on any atom is -0.225 e. The second-order valence-corrected chi connectivity index (χ2v) is 2.32. The summed E-state index contributed by atoms with van der Waals surface area (Å²) >= 11 is 1.44. The average molecular weight is 130 g/mol. The van der Waals surface area contributed by atoms with Crippen molar-refractivity contribution in [2.45, 2.75) is 21.3 Å². The predicted molar refractivity (Wildman–Crippen MR) is 36.1 cm³/mol. The Morgan fingerprint density at radius 3 is 2.12 bits per heavy atom. The maximum atomic E-state index is 4.02. The van der Waals surface area contributed by atoms with Gasteiger partial charge in [0, 0.05) is 0 Å². The Balaban J connectivity index is 0.000000490. The van der Waals surface area contributed by atoms with Crippen LogP contribution in [0.3, 0.4) is 0 Å². The highest BCUT2D eigenvalue weighted by Gasteiger charge is 1.88. The number of nitrogens with zero attached hydrogens (tertiary/aromatic N) is 2. The summed E-state index contributed by atoms with van der Waals surface area (Å²) in [6.07, 6.45) is 0. The number of aromatic nitrogens is 2. The molecule has 1 aromatic heterocycles. The second-order valence-electron chi connectivity index (χ2n) is 1.36. The van der Waals surface area contributed by atoms with Crippen LogP contribution in [0.1, 0.15) is 18.3 Å². The van der Waals surface area contributed by atoms with E-state index in [-0.39, 0.29) is 7.43 Å². The molecule has 0 saturated carbocycles. The third-order valence-electron chi connectivity index (χ3n) is 0.629. The number of rotatable bonds is 0. The van der Waals surface area contributed by atoms with Gasteiger partial charge in [-0.3, -0.25) is 0 Å². The van der Waals surface area contributed by atoms with Gasteiger partial charge >= 0.3 is 0 Å². The topological polar surface area (TPSA) is 25.8 Å². The minimum atomic E-state index is 0. The van der Waals surface area contributed by atoms with Crippen molar-refractivity contribution in [1.29, 1.82) is 0 Å². The van der Waals surface area contributed by atoms with Crippen LogP contribution in [-0.4, -0.2) is 9.36 Å². The maximum absolute atomic E-state index is 4.02. The van der Waals surface area contributed by atoms with Crippen LogP contribution >= 0.6 is 11.5 Å². The molecular formula is C5H10N2S. The molecule has 0 N–H and O–H groups in total. The first-order valence-corrected chi connectivity index (χ1v) is 2.83. The minimum absolute atomic E-state index is 0. The van der Waals surface area contributed by atoms with Crippen LogP contribution in [0.4, 0.5) is 0 Å². The standard InChI is InChI=1S/C4H6N2S.CH4/c1-3-5-4(2)7-6-3;/h1-2H3;1H4. The van der Waals surface area contributed by atoms with Crippen LogP contribution in [0.15, 0.2) is 0 Å². The summed E-state index contributed by atoms with van der Waals surface area (Å²) in [4.78, 5) is 4.02. The lowest BCUT2D eigenvalue weighted by Crippen LogP contribution is -1.70. The normalized spacial score (nSPS) is 8.25. The van der Waals surface area contributed by atoms with Crippen LogP contribution in [0, 0.1) is 13.8 Å². The summed E-state index contributed by atoms with van der Waals surface area (Å²) in [5.41, 5.74) is 0. The van der Waals surface area contributed by atoms with Gasteiger partial charge in [-0.15, -0.1) is 0 Å². The van der Waals surface area contributed by atoms with Gasteiger partial charge in [0.1, 0.15) is 10.8 Å². The van der Waals surface area contributed by atoms with E-state index in [0.29, 0.717) is 0 Å². The lowest BCUT2D eigenvalue weighted by atomic mass is 10.7. The summed E-state index contributed by atoms with van der Waals surface area (Å²) in [7, 11) is 0. The van der Waals surface area contributed by atoms with Crippen molar-refractivity contribution in [3.63, 3.8) is 0 Å². The lowest BCUT2D eigenvalue weighted by Gasteiger charge is -1.67. The first-order valence-electron chi connectivity index (χ1n) is 2.06. The zero-order valence-electron chi connectivity index (χ0n) is 4.30. The highest BCUT2D eigenvalue weighted by atomic mass is 32.1. The first kappa shape index (κ1) is 7.56. The van der Waals surface area contributed by atoms with E-state index in [2.05, 4.69) is 9.36 Å². The van der Waals surface area contributed by atoms with Gasteiger partial charge in [0.15, 0.2) is 0 Å². The zero-order valence-corrected chi connectivity index (χ0v) is 5.12. The SMILES string of the molecule is C.Cc1nsc(C)n1. The summed E-state index contributed by atoms with van der Waals surface area (Å²) < 4.78 is 3.95. The zero-order chi connectivity index (χ0) is 5.28. The van der Waals surface area contributed by atoms with Crippen molar-refractivity contribution in [3.05, 3.63) is 10.8 Å². The molecular weight excluding hydrogens is 120 g/mol. The fraction of sp³-hybridized carbons (Fsp3) is 0.600. The molecule has 8 heavy (non-hydrogen) atoms. The van der Waals surface area contributed by atoms with Crippen LogP contribution < -0.4 is 0 Å². The highest BCUT2D eigenvalue weighted by Crippen LogP contribution is 1.98. The van der Waals surface area contributed by atoms with Crippen molar-refractivity contribution in [1.82, 2.24) is 9.36 Å². The van der Waals surface area contributed by atoms with E-state index in [1.165, 1.54) is 11.5 Å². The molecule has 0 amide bonds. The third kappa shape index (κ3) is 1.58. The molecule has 0 fully saturated rings. The van der Waals surface area contributed by atoms with Gasteiger partial charge < -0.3 is 0 Å². The average Bonchev–Trinajstić information content (AvgIpc) is 1.87. The van der Waals surface area contributed by atoms with Crippen LogP contribution in [0.2, 0.25) is 0 Å². The molecule has 3 heteroatoms. The number of aryl methyl sites for hydroxylation is 2. The van der Waals surface area contributed by atoms with E-state index in [1.807, 2.05) is 13.8 Å². The Morgan fingerprint density at radius 1 is 1.38 bits per heavy atom. The number of hydrogen-bond acceptors (Lipinski definition) is 3. The molecule has 0 aliphatic carbocycles. The largest absolute Gasteiger partial charge is 0.225 e. The van der Waals surface area contributed by atoms with Crippen LogP contribution in [0.5, 0.6) is 0 Å². The van der Waals surface area contributed by atoms with Gasteiger partial charge in [-0.05, 0) is 25.4 Å². The lowest BCUT2D eigenvalue weighted by molar-refractivity contribution is 1.13. The van der Waals surface area contributed by atoms with Crippen LogP contribution in [0.25, 0.3) is 0 Å². The van der Waals surface area contributed by atoms with Gasteiger partial charge in [-0.2, -0.15) is 4.37 Å². The fourth-order valence-corrected chi connectivity index (χ4v) is 0.879. The van der Waals surface area contributed by atoms with Gasteiger partial charge in [0.05, 0.1) is 0 Å². The van der Waals surface area contributed by atoms with E-state index in [9.17, 15) is 0 Å². The Hall–Kier alpha value is -0.440. The van der Waals surface area contributed by atoms with E-state index in [0.717, 1.165) is 10.8 Å².